The van der Waals surface area contributed by atoms with Crippen molar-refractivity contribution in [3.8, 4) is 0 Å². The molecule has 0 rings (SSSR count). The van der Waals surface area contributed by atoms with E-state index in [0.717, 1.165) is 24.6 Å². The maximum atomic E-state index is 9.76. The Morgan fingerprint density at radius 1 is 1.16 bits per heavy atom. The molecule has 10 heteroatoms. The molecule has 0 aromatic carbocycles. The fourth-order valence-corrected chi connectivity index (χ4v) is 0.826. The summed E-state index contributed by atoms with van der Waals surface area (Å²) >= 11 is 3.11. The van der Waals surface area contributed by atoms with E-state index in [1.54, 1.807) is 0 Å². The third-order valence-electron chi connectivity index (χ3n) is 1.27. The van der Waals surface area contributed by atoms with Crippen LogP contribution in [0.3, 0.4) is 0 Å². The van der Waals surface area contributed by atoms with E-state index in [0.29, 0.717) is 6.42 Å². The van der Waals surface area contributed by atoms with Gasteiger partial charge in [-0.2, -0.15) is 0 Å². The van der Waals surface area contributed by atoms with Gasteiger partial charge in [0.15, 0.2) is 0 Å². The van der Waals surface area contributed by atoms with Crippen molar-refractivity contribution < 1.29 is 52.5 Å². The summed E-state index contributed by atoms with van der Waals surface area (Å²) < 4.78 is 0. The van der Waals surface area contributed by atoms with Crippen LogP contribution in [0.25, 0.3) is 0 Å². The van der Waals surface area contributed by atoms with Crippen LogP contribution >= 0.6 is 15.9 Å². The van der Waals surface area contributed by atoms with Gasteiger partial charge >= 0.3 is 11.9 Å². The fraction of sp³-hybridized carbons (Fsp3) is 0.778. The Kier molecular flexibility index (Phi) is 31.8. The molecule has 0 aromatic rings. The maximum Gasteiger partial charge on any atom is 0.303 e. The van der Waals surface area contributed by atoms with Gasteiger partial charge in [-0.3, -0.25) is 9.59 Å². The summed E-state index contributed by atoms with van der Waals surface area (Å²) in [6.07, 6.45) is 3.07. The van der Waals surface area contributed by atoms with E-state index in [1.165, 1.54) is 0 Å². The minimum Gasteiger partial charge on any atom is -0.481 e. The molecule has 0 aliphatic carbocycles. The molecular formula is C9H18AgBrNO7. The Labute approximate surface area is 134 Å². The van der Waals surface area contributed by atoms with Crippen LogP contribution in [0.4, 0.5) is 0 Å². The number of hydrogen-bond donors (Lipinski definition) is 3. The predicted molar refractivity (Wildman–Crippen MR) is 66.6 cm³/mol. The Morgan fingerprint density at radius 2 is 1.47 bits per heavy atom. The molecule has 8 nitrogen and oxygen atoms in total. The van der Waals surface area contributed by atoms with Crippen molar-refractivity contribution in [1.82, 2.24) is 0 Å². The molecule has 0 bridgehead atoms. The first-order chi connectivity index (χ1) is 8.27. The minimum atomic E-state index is -1.50. The largest absolute Gasteiger partial charge is 0.481 e. The van der Waals surface area contributed by atoms with Crippen LogP contribution in [0.15, 0.2) is 0 Å². The van der Waals surface area contributed by atoms with Crippen LogP contribution in [0.1, 0.15) is 39.0 Å². The number of alkyl halides is 1. The van der Waals surface area contributed by atoms with Gasteiger partial charge in [-0.15, -0.1) is 10.1 Å². The van der Waals surface area contributed by atoms with Gasteiger partial charge in [0.1, 0.15) is 0 Å². The van der Waals surface area contributed by atoms with Gasteiger partial charge in [-0.25, -0.2) is 0 Å². The van der Waals surface area contributed by atoms with Gasteiger partial charge in [-0.1, -0.05) is 29.3 Å². The van der Waals surface area contributed by atoms with Crippen molar-refractivity contribution in [2.45, 2.75) is 39.0 Å². The first kappa shape index (κ1) is 26.8. The molecule has 19 heavy (non-hydrogen) atoms. The summed E-state index contributed by atoms with van der Waals surface area (Å²) in [5.74, 6) is -1.42. The van der Waals surface area contributed by atoms with Gasteiger partial charge in [0.2, 0.25) is 0 Å². The molecule has 0 saturated heterocycles. The topological polar surface area (TPSA) is 138 Å². The fourth-order valence-electron chi connectivity index (χ4n) is 0.546. The predicted octanol–water partition coefficient (Wildman–Crippen LogP) is 2.16. The zero-order chi connectivity index (χ0) is 15.0. The minimum absolute atomic E-state index is 0. The number of carbonyl (C=O) groups is 2. The van der Waals surface area contributed by atoms with E-state index < -0.39 is 17.0 Å². The van der Waals surface area contributed by atoms with Crippen molar-refractivity contribution in [1.29, 1.82) is 0 Å². The third kappa shape index (κ3) is 75.6. The normalized spacial score (nSPS) is 7.68. The monoisotopic (exact) mass is 438 g/mol. The molecule has 1 radical (unpaired) electrons. The molecule has 0 saturated carbocycles. The van der Waals surface area contributed by atoms with Crippen molar-refractivity contribution in [3.63, 3.8) is 0 Å². The summed E-state index contributed by atoms with van der Waals surface area (Å²) in [6.45, 7) is 1.98. The summed E-state index contributed by atoms with van der Waals surface area (Å²) in [5, 5.41) is 30.5. The molecular weight excluding hydrogens is 422 g/mol. The molecule has 0 spiro atoms. The summed E-state index contributed by atoms with van der Waals surface area (Å²) in [5.41, 5.74) is 0. The molecule has 0 aromatic heterocycles. The Hall–Kier alpha value is -0.640. The summed E-state index contributed by atoms with van der Waals surface area (Å²) in [7, 11) is 0. The van der Waals surface area contributed by atoms with Crippen LogP contribution in [0.2, 0.25) is 0 Å². The second kappa shape index (κ2) is 22.5. The van der Waals surface area contributed by atoms with E-state index in [1.807, 2.05) is 6.92 Å². The van der Waals surface area contributed by atoms with Gasteiger partial charge < -0.3 is 15.4 Å². The number of hydrogen-bond acceptors (Lipinski definition) is 4. The molecule has 3 N–H and O–H groups in total. The number of halogens is 1. The second-order valence-corrected chi connectivity index (χ2v) is 3.71. The summed E-state index contributed by atoms with van der Waals surface area (Å²) in [4.78, 5) is 27.9. The number of unbranched alkanes of at least 4 members (excludes halogenated alkanes) is 1. The third-order valence-corrected chi connectivity index (χ3v) is 1.83. The molecule has 0 atom stereocenters. The SMILES string of the molecule is CCCCC(=O)O.O=C(O)CCCBr.O=[N+]([O-])O.[Ag]. The molecule has 0 amide bonds. The smallest absolute Gasteiger partial charge is 0.303 e. The molecule has 0 heterocycles. The Balaban J connectivity index is -0.0000000900. The quantitative estimate of drug-likeness (QED) is 0.249. The number of carboxylic acid groups (broad SMARTS) is 2. The second-order valence-electron chi connectivity index (χ2n) is 2.92. The Morgan fingerprint density at radius 3 is 1.58 bits per heavy atom. The van der Waals surface area contributed by atoms with Gasteiger partial charge in [0.05, 0.1) is 0 Å². The zero-order valence-corrected chi connectivity index (χ0v) is 13.4. The van der Waals surface area contributed by atoms with Crippen molar-refractivity contribution in [3.05, 3.63) is 10.1 Å². The molecule has 0 unspecified atom stereocenters. The zero-order valence-electron chi connectivity index (χ0n) is 10.3. The maximum absolute atomic E-state index is 9.76. The average molecular weight is 440 g/mol. The standard InChI is InChI=1S/C5H10O2.C4H7BrO2.Ag.HNO3/c1-2-3-4-5(6)7;5-3-1-2-4(6)7;;2-1(3)4/h2-4H2,1H3,(H,6,7);1-3H2,(H,6,7);;(H,2,3,4). The van der Waals surface area contributed by atoms with Crippen LogP contribution in [-0.4, -0.2) is 37.8 Å². The Bertz CT molecular complexity index is 219. The van der Waals surface area contributed by atoms with E-state index in [9.17, 15) is 9.59 Å². The molecule has 0 aliphatic rings. The van der Waals surface area contributed by atoms with Crippen molar-refractivity contribution in [2.75, 3.05) is 5.33 Å². The number of aliphatic carboxylic acids is 2. The number of rotatable bonds is 6. The van der Waals surface area contributed by atoms with Crippen molar-refractivity contribution in [2.24, 2.45) is 0 Å². The number of carboxylic acids is 2. The first-order valence-corrected chi connectivity index (χ1v) is 6.22. The molecule has 119 valence electrons. The van der Waals surface area contributed by atoms with Crippen LogP contribution < -0.4 is 0 Å². The van der Waals surface area contributed by atoms with Crippen molar-refractivity contribution >= 4 is 27.9 Å². The molecule has 0 fully saturated rings. The van der Waals surface area contributed by atoms with E-state index >= 15 is 0 Å². The van der Waals surface area contributed by atoms with Gasteiger partial charge in [-0.05, 0) is 12.8 Å². The average Bonchev–Trinajstić information content (AvgIpc) is 2.23. The van der Waals surface area contributed by atoms with E-state index in [2.05, 4.69) is 15.9 Å². The van der Waals surface area contributed by atoms with Gasteiger partial charge in [0.25, 0.3) is 5.09 Å². The number of nitrogens with zero attached hydrogens (tertiary/aromatic N) is 1. The first-order valence-electron chi connectivity index (χ1n) is 5.10. The van der Waals surface area contributed by atoms with Crippen LogP contribution in [-0.2, 0) is 32.0 Å². The van der Waals surface area contributed by atoms with E-state index in [-0.39, 0.29) is 28.8 Å². The van der Waals surface area contributed by atoms with Crippen LogP contribution in [0.5, 0.6) is 0 Å². The van der Waals surface area contributed by atoms with E-state index in [4.69, 9.17) is 25.5 Å². The summed E-state index contributed by atoms with van der Waals surface area (Å²) in [6, 6.07) is 0. The molecule has 0 aliphatic heterocycles. The van der Waals surface area contributed by atoms with Gasteiger partial charge in [0, 0.05) is 40.6 Å². The van der Waals surface area contributed by atoms with Crippen LogP contribution in [0, 0.1) is 10.1 Å².